The Hall–Kier alpha value is -1.51. The highest BCUT2D eigenvalue weighted by Crippen LogP contribution is 2.10. The first-order valence-corrected chi connectivity index (χ1v) is 3.62. The molecular formula is C9H9O3. The molecule has 0 aliphatic rings. The van der Waals surface area contributed by atoms with Gasteiger partial charge in [0.1, 0.15) is 5.75 Å². The van der Waals surface area contributed by atoms with Gasteiger partial charge in [-0.25, -0.2) is 4.79 Å². The Balaban J connectivity index is 2.81. The van der Waals surface area contributed by atoms with Gasteiger partial charge >= 0.3 is 5.97 Å². The number of hydrogen-bond acceptors (Lipinski definition) is 3. The van der Waals surface area contributed by atoms with Crippen LogP contribution in [0.25, 0.3) is 0 Å². The lowest BCUT2D eigenvalue weighted by molar-refractivity contribution is 0.0525. The zero-order valence-corrected chi connectivity index (χ0v) is 6.70. The van der Waals surface area contributed by atoms with Crippen LogP contribution < -0.4 is 0 Å². The summed E-state index contributed by atoms with van der Waals surface area (Å²) in [6.45, 7) is 2.04. The number of benzene rings is 1. The van der Waals surface area contributed by atoms with E-state index in [4.69, 9.17) is 9.84 Å². The second-order valence-corrected chi connectivity index (χ2v) is 2.17. The van der Waals surface area contributed by atoms with Crippen molar-refractivity contribution in [1.82, 2.24) is 0 Å². The Labute approximate surface area is 70.6 Å². The topological polar surface area (TPSA) is 46.5 Å². The molecule has 12 heavy (non-hydrogen) atoms. The van der Waals surface area contributed by atoms with E-state index in [1.165, 1.54) is 12.1 Å². The van der Waals surface area contributed by atoms with Crippen LogP contribution in [0.1, 0.15) is 17.3 Å². The number of esters is 1. The van der Waals surface area contributed by atoms with Gasteiger partial charge in [-0.1, -0.05) is 6.07 Å². The highest BCUT2D eigenvalue weighted by atomic mass is 16.5. The molecule has 0 fully saturated rings. The van der Waals surface area contributed by atoms with Crippen LogP contribution in [0.4, 0.5) is 0 Å². The summed E-state index contributed by atoms with van der Waals surface area (Å²) in [6.07, 6.45) is 0. The summed E-state index contributed by atoms with van der Waals surface area (Å²) in [5, 5.41) is 8.97. The maximum Gasteiger partial charge on any atom is 0.338 e. The zero-order valence-electron chi connectivity index (χ0n) is 6.70. The lowest BCUT2D eigenvalue weighted by Crippen LogP contribution is -2.04. The van der Waals surface area contributed by atoms with Gasteiger partial charge in [-0.15, -0.1) is 0 Å². The molecule has 0 saturated carbocycles. The summed E-state index contributed by atoms with van der Waals surface area (Å²) < 4.78 is 4.70. The third-order valence-electron chi connectivity index (χ3n) is 1.28. The molecule has 0 amide bonds. The number of hydrogen-bond donors (Lipinski definition) is 1. The summed E-state index contributed by atoms with van der Waals surface area (Å²) in [7, 11) is 0. The van der Waals surface area contributed by atoms with Crippen molar-refractivity contribution in [2.75, 3.05) is 6.61 Å². The fourth-order valence-corrected chi connectivity index (χ4v) is 0.785. The average molecular weight is 165 g/mol. The molecule has 1 aromatic carbocycles. The van der Waals surface area contributed by atoms with E-state index in [0.717, 1.165) is 0 Å². The molecule has 0 atom stereocenters. The van der Waals surface area contributed by atoms with Gasteiger partial charge < -0.3 is 9.84 Å². The van der Waals surface area contributed by atoms with Gasteiger partial charge in [-0.05, 0) is 19.1 Å². The molecule has 0 aliphatic carbocycles. The molecule has 1 rings (SSSR count). The van der Waals surface area contributed by atoms with Gasteiger partial charge in [0.05, 0.1) is 12.2 Å². The molecule has 0 aromatic heterocycles. The van der Waals surface area contributed by atoms with Gasteiger partial charge in [-0.2, -0.15) is 0 Å². The van der Waals surface area contributed by atoms with E-state index in [0.29, 0.717) is 6.61 Å². The quantitative estimate of drug-likeness (QED) is 0.673. The van der Waals surface area contributed by atoms with E-state index >= 15 is 0 Å². The number of rotatable bonds is 2. The van der Waals surface area contributed by atoms with Gasteiger partial charge in [-0.3, -0.25) is 0 Å². The maximum atomic E-state index is 11.0. The third-order valence-corrected chi connectivity index (χ3v) is 1.28. The summed E-state index contributed by atoms with van der Waals surface area (Å²) in [5.41, 5.74) is 0.247. The molecule has 3 heteroatoms. The van der Waals surface area contributed by atoms with Crippen LogP contribution in [0.3, 0.4) is 0 Å². The van der Waals surface area contributed by atoms with E-state index in [1.807, 2.05) is 0 Å². The highest BCUT2D eigenvalue weighted by molar-refractivity contribution is 5.89. The molecule has 0 heterocycles. The molecule has 0 spiro atoms. The average Bonchev–Trinajstić information content (AvgIpc) is 2.05. The molecule has 1 N–H and O–H groups in total. The van der Waals surface area contributed by atoms with Crippen molar-refractivity contribution < 1.29 is 14.6 Å². The molecule has 63 valence electrons. The van der Waals surface area contributed by atoms with E-state index < -0.39 is 5.97 Å². The Morgan fingerprint density at radius 3 is 3.00 bits per heavy atom. The van der Waals surface area contributed by atoms with Crippen molar-refractivity contribution >= 4 is 5.97 Å². The van der Waals surface area contributed by atoms with Crippen molar-refractivity contribution in [3.05, 3.63) is 29.8 Å². The number of aromatic hydroxyl groups is 1. The van der Waals surface area contributed by atoms with Crippen LogP contribution in [-0.2, 0) is 4.74 Å². The summed E-state index contributed by atoms with van der Waals surface area (Å²) in [4.78, 5) is 11.0. The minimum absolute atomic E-state index is 0.0550. The van der Waals surface area contributed by atoms with E-state index in [-0.39, 0.29) is 11.3 Å². The molecule has 0 bridgehead atoms. The first-order valence-electron chi connectivity index (χ1n) is 3.62. The molecule has 1 aromatic rings. The zero-order chi connectivity index (χ0) is 8.97. The van der Waals surface area contributed by atoms with Gasteiger partial charge in [0.25, 0.3) is 0 Å². The van der Waals surface area contributed by atoms with Gasteiger partial charge in [0.2, 0.25) is 0 Å². The fraction of sp³-hybridized carbons (Fsp3) is 0.222. The van der Waals surface area contributed by atoms with Crippen molar-refractivity contribution in [2.45, 2.75) is 6.92 Å². The van der Waals surface area contributed by atoms with E-state index in [1.54, 1.807) is 13.0 Å². The number of carbonyl (C=O) groups excluding carboxylic acids is 1. The van der Waals surface area contributed by atoms with Gasteiger partial charge in [0, 0.05) is 6.07 Å². The molecule has 0 saturated heterocycles. The first-order chi connectivity index (χ1) is 5.74. The fourth-order valence-electron chi connectivity index (χ4n) is 0.785. The first kappa shape index (κ1) is 8.59. The highest BCUT2D eigenvalue weighted by Gasteiger charge is 2.05. The molecule has 1 radical (unpaired) electrons. The molecule has 0 unspecified atom stereocenters. The largest absolute Gasteiger partial charge is 0.507 e. The number of phenols is 1. The Morgan fingerprint density at radius 1 is 1.67 bits per heavy atom. The second kappa shape index (κ2) is 3.76. The van der Waals surface area contributed by atoms with Crippen LogP contribution in [0.15, 0.2) is 18.2 Å². The Bertz CT molecular complexity index is 281. The molecular weight excluding hydrogens is 156 g/mol. The van der Waals surface area contributed by atoms with Crippen LogP contribution >= 0.6 is 0 Å². The number of ether oxygens (including phenoxy) is 1. The SMILES string of the molecule is CCOC(=O)c1[c]c(O)ccc1. The van der Waals surface area contributed by atoms with Crippen molar-refractivity contribution in [3.8, 4) is 5.75 Å². The molecule has 0 aliphatic heterocycles. The van der Waals surface area contributed by atoms with E-state index in [9.17, 15) is 4.79 Å². The van der Waals surface area contributed by atoms with Crippen molar-refractivity contribution in [1.29, 1.82) is 0 Å². The van der Waals surface area contributed by atoms with Crippen LogP contribution in [0.2, 0.25) is 0 Å². The van der Waals surface area contributed by atoms with Crippen LogP contribution in [0.5, 0.6) is 5.75 Å². The van der Waals surface area contributed by atoms with Gasteiger partial charge in [0.15, 0.2) is 0 Å². The maximum absolute atomic E-state index is 11.0. The molecule has 3 nitrogen and oxygen atoms in total. The lowest BCUT2D eigenvalue weighted by Gasteiger charge is -2.00. The van der Waals surface area contributed by atoms with E-state index in [2.05, 4.69) is 6.07 Å². The summed E-state index contributed by atoms with van der Waals surface area (Å²) in [6, 6.07) is 7.03. The second-order valence-electron chi connectivity index (χ2n) is 2.17. The number of phenolic OH excluding ortho intramolecular Hbond substituents is 1. The Morgan fingerprint density at radius 2 is 2.42 bits per heavy atom. The predicted molar refractivity (Wildman–Crippen MR) is 42.9 cm³/mol. The van der Waals surface area contributed by atoms with Crippen molar-refractivity contribution in [2.24, 2.45) is 0 Å². The standard InChI is InChI=1S/C9H9O3/c1-2-12-9(11)7-4-3-5-8(10)6-7/h3-5,10H,2H2,1H3. The third kappa shape index (κ3) is 1.99. The summed E-state index contributed by atoms with van der Waals surface area (Å²) >= 11 is 0. The normalized spacial score (nSPS) is 9.42. The minimum atomic E-state index is -0.464. The van der Waals surface area contributed by atoms with Crippen molar-refractivity contribution in [3.63, 3.8) is 0 Å². The predicted octanol–water partition coefficient (Wildman–Crippen LogP) is 1.37. The number of carbonyl (C=O) groups is 1. The van der Waals surface area contributed by atoms with Crippen LogP contribution in [0, 0.1) is 6.07 Å². The minimum Gasteiger partial charge on any atom is -0.507 e. The Kier molecular flexibility index (Phi) is 2.69. The summed E-state index contributed by atoms with van der Waals surface area (Å²) in [5.74, 6) is -0.519. The smallest absolute Gasteiger partial charge is 0.338 e. The lowest BCUT2D eigenvalue weighted by atomic mass is 10.2. The monoisotopic (exact) mass is 165 g/mol. The van der Waals surface area contributed by atoms with Crippen LogP contribution in [-0.4, -0.2) is 17.7 Å².